The minimum Gasteiger partial charge on any atom is -0.481 e. The minimum atomic E-state index is -0.781. The van der Waals surface area contributed by atoms with Gasteiger partial charge in [0.05, 0.1) is 18.2 Å². The van der Waals surface area contributed by atoms with E-state index in [1.807, 2.05) is 42.8 Å². The molecule has 0 aliphatic carbocycles. The SMILES string of the molecule is Cc1nn(Cc2cccc(Cl)c2)c(C)c1CC(C)C(=O)O. The molecule has 1 atom stereocenters. The summed E-state index contributed by atoms with van der Waals surface area (Å²) in [5.41, 5.74) is 4.00. The minimum absolute atomic E-state index is 0.411. The number of halogens is 1. The van der Waals surface area contributed by atoms with Crippen molar-refractivity contribution in [1.29, 1.82) is 0 Å². The van der Waals surface area contributed by atoms with Gasteiger partial charge in [-0.1, -0.05) is 30.7 Å². The van der Waals surface area contributed by atoms with Gasteiger partial charge in [0.2, 0.25) is 0 Å². The van der Waals surface area contributed by atoms with Gasteiger partial charge in [0.15, 0.2) is 0 Å². The van der Waals surface area contributed by atoms with Crippen LogP contribution in [-0.2, 0) is 17.8 Å². The summed E-state index contributed by atoms with van der Waals surface area (Å²) in [7, 11) is 0. The number of aromatic nitrogens is 2. The molecule has 2 aromatic rings. The Morgan fingerprint density at radius 3 is 2.76 bits per heavy atom. The van der Waals surface area contributed by atoms with Crippen molar-refractivity contribution in [3.8, 4) is 0 Å². The molecular weight excluding hydrogens is 288 g/mol. The first-order valence-electron chi connectivity index (χ1n) is 6.88. The summed E-state index contributed by atoms with van der Waals surface area (Å²) >= 11 is 6.00. The molecule has 0 fully saturated rings. The highest BCUT2D eigenvalue weighted by Crippen LogP contribution is 2.19. The summed E-state index contributed by atoms with van der Waals surface area (Å²) < 4.78 is 1.91. The Labute approximate surface area is 129 Å². The summed E-state index contributed by atoms with van der Waals surface area (Å²) in [6.45, 7) is 6.25. The Bertz CT molecular complexity index is 664. The van der Waals surface area contributed by atoms with Crippen LogP contribution in [0.5, 0.6) is 0 Å². The molecule has 0 aliphatic heterocycles. The first-order chi connectivity index (χ1) is 9.88. The highest BCUT2D eigenvalue weighted by atomic mass is 35.5. The molecule has 5 heteroatoms. The van der Waals surface area contributed by atoms with Crippen LogP contribution in [0.4, 0.5) is 0 Å². The van der Waals surface area contributed by atoms with Crippen LogP contribution in [-0.4, -0.2) is 20.9 Å². The maximum Gasteiger partial charge on any atom is 0.306 e. The molecule has 1 aromatic heterocycles. The van der Waals surface area contributed by atoms with Crippen molar-refractivity contribution in [2.24, 2.45) is 5.92 Å². The Hall–Kier alpha value is -1.81. The van der Waals surface area contributed by atoms with Gasteiger partial charge in [0, 0.05) is 10.7 Å². The van der Waals surface area contributed by atoms with Crippen molar-refractivity contribution in [3.05, 3.63) is 51.8 Å². The van der Waals surface area contributed by atoms with Crippen LogP contribution in [0.1, 0.15) is 29.4 Å². The largest absolute Gasteiger partial charge is 0.481 e. The fraction of sp³-hybridized carbons (Fsp3) is 0.375. The number of hydrogen-bond donors (Lipinski definition) is 1. The van der Waals surface area contributed by atoms with E-state index in [1.165, 1.54) is 0 Å². The number of carboxylic acid groups (broad SMARTS) is 1. The zero-order valence-electron chi connectivity index (χ0n) is 12.4. The van der Waals surface area contributed by atoms with E-state index < -0.39 is 11.9 Å². The van der Waals surface area contributed by atoms with Gasteiger partial charge in [-0.05, 0) is 43.5 Å². The number of carbonyl (C=O) groups is 1. The van der Waals surface area contributed by atoms with Gasteiger partial charge in [-0.25, -0.2) is 0 Å². The van der Waals surface area contributed by atoms with E-state index in [1.54, 1.807) is 6.92 Å². The van der Waals surface area contributed by atoms with Crippen molar-refractivity contribution in [2.75, 3.05) is 0 Å². The monoisotopic (exact) mass is 306 g/mol. The molecule has 0 aliphatic rings. The second-order valence-corrected chi connectivity index (χ2v) is 5.82. The molecule has 112 valence electrons. The van der Waals surface area contributed by atoms with Crippen molar-refractivity contribution >= 4 is 17.6 Å². The normalized spacial score (nSPS) is 12.4. The van der Waals surface area contributed by atoms with E-state index in [0.29, 0.717) is 18.0 Å². The van der Waals surface area contributed by atoms with E-state index in [-0.39, 0.29) is 0 Å². The molecular formula is C16H19ClN2O2. The van der Waals surface area contributed by atoms with E-state index in [2.05, 4.69) is 5.10 Å². The van der Waals surface area contributed by atoms with Gasteiger partial charge < -0.3 is 5.11 Å². The fourth-order valence-corrected chi connectivity index (χ4v) is 2.60. The van der Waals surface area contributed by atoms with Crippen LogP contribution >= 0.6 is 11.6 Å². The quantitative estimate of drug-likeness (QED) is 0.920. The lowest BCUT2D eigenvalue weighted by molar-refractivity contribution is -0.141. The number of hydrogen-bond acceptors (Lipinski definition) is 2. The number of nitrogens with zero attached hydrogens (tertiary/aromatic N) is 2. The Morgan fingerprint density at radius 1 is 1.43 bits per heavy atom. The van der Waals surface area contributed by atoms with Gasteiger partial charge in [-0.3, -0.25) is 9.48 Å². The second-order valence-electron chi connectivity index (χ2n) is 5.38. The predicted molar refractivity (Wildman–Crippen MR) is 82.8 cm³/mol. The molecule has 0 bridgehead atoms. The van der Waals surface area contributed by atoms with Crippen LogP contribution in [0.2, 0.25) is 5.02 Å². The molecule has 21 heavy (non-hydrogen) atoms. The Kier molecular flexibility index (Phi) is 4.68. The van der Waals surface area contributed by atoms with E-state index in [4.69, 9.17) is 16.7 Å². The highest BCUT2D eigenvalue weighted by Gasteiger charge is 2.18. The molecule has 1 heterocycles. The maximum atomic E-state index is 11.0. The van der Waals surface area contributed by atoms with E-state index >= 15 is 0 Å². The van der Waals surface area contributed by atoms with Crippen LogP contribution in [0.3, 0.4) is 0 Å². The topological polar surface area (TPSA) is 55.1 Å². The Morgan fingerprint density at radius 2 is 2.14 bits per heavy atom. The summed E-state index contributed by atoms with van der Waals surface area (Å²) in [6.07, 6.45) is 0.503. The van der Waals surface area contributed by atoms with Gasteiger partial charge in [0.25, 0.3) is 0 Å². The number of rotatable bonds is 5. The second kappa shape index (κ2) is 6.31. The third kappa shape index (κ3) is 3.64. The van der Waals surface area contributed by atoms with E-state index in [0.717, 1.165) is 22.5 Å². The number of benzene rings is 1. The maximum absolute atomic E-state index is 11.0. The summed E-state index contributed by atoms with van der Waals surface area (Å²) in [5.74, 6) is -1.19. The van der Waals surface area contributed by atoms with Crippen molar-refractivity contribution in [2.45, 2.75) is 33.7 Å². The van der Waals surface area contributed by atoms with Crippen LogP contribution < -0.4 is 0 Å². The molecule has 1 unspecified atom stereocenters. The number of aryl methyl sites for hydroxylation is 1. The van der Waals surface area contributed by atoms with Crippen LogP contribution in [0.15, 0.2) is 24.3 Å². The lowest BCUT2D eigenvalue weighted by Gasteiger charge is -2.08. The molecule has 1 N–H and O–H groups in total. The highest BCUT2D eigenvalue weighted by molar-refractivity contribution is 6.30. The molecule has 4 nitrogen and oxygen atoms in total. The van der Waals surface area contributed by atoms with Gasteiger partial charge >= 0.3 is 5.97 Å². The molecule has 1 aromatic carbocycles. The van der Waals surface area contributed by atoms with E-state index in [9.17, 15) is 4.79 Å². The average molecular weight is 307 g/mol. The van der Waals surface area contributed by atoms with Gasteiger partial charge in [-0.2, -0.15) is 5.10 Å². The molecule has 0 radical (unpaired) electrons. The zero-order chi connectivity index (χ0) is 15.6. The van der Waals surface area contributed by atoms with Crippen molar-refractivity contribution < 1.29 is 9.90 Å². The lowest BCUT2D eigenvalue weighted by Crippen LogP contribution is -2.13. The third-order valence-electron chi connectivity index (χ3n) is 3.68. The molecule has 0 amide bonds. The standard InChI is InChI=1S/C16H19ClN2O2/c1-10(16(20)21)7-15-11(2)18-19(12(15)3)9-13-5-4-6-14(17)8-13/h4-6,8,10H,7,9H2,1-3H3,(H,20,21). The zero-order valence-corrected chi connectivity index (χ0v) is 13.2. The van der Waals surface area contributed by atoms with Crippen molar-refractivity contribution in [1.82, 2.24) is 9.78 Å². The average Bonchev–Trinajstić information content (AvgIpc) is 2.66. The molecule has 0 saturated heterocycles. The molecule has 2 rings (SSSR count). The lowest BCUT2D eigenvalue weighted by atomic mass is 10.00. The molecule has 0 saturated carbocycles. The Balaban J connectivity index is 2.24. The smallest absolute Gasteiger partial charge is 0.306 e. The fourth-order valence-electron chi connectivity index (χ4n) is 2.39. The van der Waals surface area contributed by atoms with Gasteiger partial charge in [0.1, 0.15) is 0 Å². The molecule has 0 spiro atoms. The summed E-state index contributed by atoms with van der Waals surface area (Å²) in [6, 6.07) is 7.67. The first-order valence-corrected chi connectivity index (χ1v) is 7.26. The van der Waals surface area contributed by atoms with Crippen LogP contribution in [0.25, 0.3) is 0 Å². The summed E-state index contributed by atoms with van der Waals surface area (Å²) in [4.78, 5) is 11.0. The first kappa shape index (κ1) is 15.6. The van der Waals surface area contributed by atoms with Gasteiger partial charge in [-0.15, -0.1) is 0 Å². The number of carboxylic acids is 1. The summed E-state index contributed by atoms with van der Waals surface area (Å²) in [5, 5.41) is 14.3. The van der Waals surface area contributed by atoms with Crippen LogP contribution in [0, 0.1) is 19.8 Å². The predicted octanol–water partition coefficient (Wildman–Crippen LogP) is 3.46. The van der Waals surface area contributed by atoms with Crippen molar-refractivity contribution in [3.63, 3.8) is 0 Å². The number of aliphatic carboxylic acids is 1. The third-order valence-corrected chi connectivity index (χ3v) is 3.92.